The van der Waals surface area contributed by atoms with Gasteiger partial charge in [0.1, 0.15) is 11.3 Å². The fourth-order valence-electron chi connectivity index (χ4n) is 1.38. The molecule has 90 valence electrons. The first-order valence-electron chi connectivity index (χ1n) is 5.83. The van der Waals surface area contributed by atoms with Gasteiger partial charge < -0.3 is 9.15 Å². The summed E-state index contributed by atoms with van der Waals surface area (Å²) in [5.74, 6) is 0.874. The fraction of sp³-hybridized carbons (Fsp3) is 0.429. The van der Waals surface area contributed by atoms with Crippen LogP contribution in [0.1, 0.15) is 33.3 Å². The van der Waals surface area contributed by atoms with Crippen molar-refractivity contribution in [1.29, 1.82) is 0 Å². The average molecular weight is 222 g/mol. The summed E-state index contributed by atoms with van der Waals surface area (Å²) < 4.78 is 10.5. The zero-order valence-corrected chi connectivity index (χ0v) is 11.1. The molecule has 0 unspecified atom stereocenters. The molecule has 1 aromatic carbocycles. The third-order valence-electron chi connectivity index (χ3n) is 1.96. The highest BCUT2D eigenvalue weighted by atomic mass is 16.5. The summed E-state index contributed by atoms with van der Waals surface area (Å²) in [6.45, 7) is 10.0. The van der Waals surface area contributed by atoms with Crippen molar-refractivity contribution >= 4 is 11.0 Å². The summed E-state index contributed by atoms with van der Waals surface area (Å²) in [5, 5.41) is 1.07. The van der Waals surface area contributed by atoms with Crippen LogP contribution in [-0.2, 0) is 0 Å². The normalized spacial score (nSPS) is 8.62. The second-order valence-electron chi connectivity index (χ2n) is 2.75. The van der Waals surface area contributed by atoms with Gasteiger partial charge in [-0.05, 0) is 24.6 Å². The van der Waals surface area contributed by atoms with Crippen molar-refractivity contribution in [3.8, 4) is 5.75 Å². The van der Waals surface area contributed by atoms with Gasteiger partial charge in [-0.3, -0.25) is 0 Å². The highest BCUT2D eigenvalue weighted by molar-refractivity contribution is 5.87. The summed E-state index contributed by atoms with van der Waals surface area (Å²) >= 11 is 0. The minimum atomic E-state index is 0.874. The summed E-state index contributed by atoms with van der Waals surface area (Å²) in [6, 6.07) is 5.79. The van der Waals surface area contributed by atoms with Gasteiger partial charge in [-0.1, -0.05) is 33.8 Å². The predicted octanol–water partition coefficient (Wildman–Crippen LogP) is 4.80. The lowest BCUT2D eigenvalue weighted by Gasteiger charge is -2.00. The fourth-order valence-corrected chi connectivity index (χ4v) is 1.38. The van der Waals surface area contributed by atoms with Gasteiger partial charge in [-0.2, -0.15) is 0 Å². The second kappa shape index (κ2) is 7.80. The maximum absolute atomic E-state index is 5.31. The van der Waals surface area contributed by atoms with Crippen LogP contribution >= 0.6 is 0 Å². The Hall–Kier alpha value is -1.44. The van der Waals surface area contributed by atoms with Crippen molar-refractivity contribution in [2.24, 2.45) is 0 Å². The maximum Gasteiger partial charge on any atom is 0.137 e. The molecule has 0 bridgehead atoms. The Labute approximate surface area is 98.2 Å². The summed E-state index contributed by atoms with van der Waals surface area (Å²) in [7, 11) is 1.67. The van der Waals surface area contributed by atoms with Gasteiger partial charge in [-0.25, -0.2) is 0 Å². The van der Waals surface area contributed by atoms with E-state index in [9.17, 15) is 0 Å². The Morgan fingerprint density at radius 3 is 2.25 bits per heavy atom. The van der Waals surface area contributed by atoms with Gasteiger partial charge in [0.25, 0.3) is 0 Å². The molecule has 16 heavy (non-hydrogen) atoms. The maximum atomic E-state index is 5.31. The Bertz CT molecular complexity index is 402. The summed E-state index contributed by atoms with van der Waals surface area (Å²) in [4.78, 5) is 0. The molecule has 0 N–H and O–H groups in total. The topological polar surface area (TPSA) is 22.4 Å². The smallest absolute Gasteiger partial charge is 0.137 e. The van der Waals surface area contributed by atoms with Gasteiger partial charge in [0.05, 0.1) is 18.8 Å². The number of ether oxygens (including phenoxy) is 1. The number of benzene rings is 1. The molecule has 0 amide bonds. The van der Waals surface area contributed by atoms with Gasteiger partial charge in [0, 0.05) is 0 Å². The van der Waals surface area contributed by atoms with E-state index in [1.54, 1.807) is 13.4 Å². The zero-order chi connectivity index (χ0) is 12.6. The van der Waals surface area contributed by atoms with Crippen LogP contribution in [0.25, 0.3) is 11.0 Å². The van der Waals surface area contributed by atoms with E-state index in [1.807, 2.05) is 52.8 Å². The number of furan rings is 1. The van der Waals surface area contributed by atoms with Gasteiger partial charge in [0.15, 0.2) is 0 Å². The first kappa shape index (κ1) is 14.6. The first-order chi connectivity index (χ1) is 7.83. The lowest BCUT2D eigenvalue weighted by molar-refractivity contribution is 0.419. The van der Waals surface area contributed by atoms with Crippen LogP contribution in [0.3, 0.4) is 0 Å². The number of hydrogen-bond acceptors (Lipinski definition) is 2. The molecular formula is C14H22O2. The molecular weight excluding hydrogens is 200 g/mol. The number of fused-ring (bicyclic) bond motifs is 1. The monoisotopic (exact) mass is 222 g/mol. The van der Waals surface area contributed by atoms with E-state index < -0.39 is 0 Å². The number of aryl methyl sites for hydroxylation is 1. The molecule has 2 heteroatoms. The molecule has 0 atom stereocenters. The Balaban J connectivity index is 0.000000509. The van der Waals surface area contributed by atoms with Gasteiger partial charge in [-0.15, -0.1) is 0 Å². The molecule has 1 aromatic heterocycles. The molecule has 1 heterocycles. The van der Waals surface area contributed by atoms with Crippen LogP contribution in [0.15, 0.2) is 28.9 Å². The van der Waals surface area contributed by atoms with Crippen LogP contribution < -0.4 is 4.74 Å². The molecule has 0 radical (unpaired) electrons. The molecule has 0 spiro atoms. The Morgan fingerprint density at radius 2 is 1.69 bits per heavy atom. The predicted molar refractivity (Wildman–Crippen MR) is 70.2 cm³/mol. The molecule has 0 aliphatic heterocycles. The minimum Gasteiger partial charge on any atom is -0.496 e. The first-order valence-corrected chi connectivity index (χ1v) is 5.83. The van der Waals surface area contributed by atoms with Crippen LogP contribution in [0.4, 0.5) is 0 Å². The number of methoxy groups -OCH3 is 1. The quantitative estimate of drug-likeness (QED) is 0.691. The molecule has 0 saturated carbocycles. The standard InChI is InChI=1S/C10H10O2.2C2H6/c1-7-6-12-9-5-3-4-8(11-2)10(7)9;2*1-2/h3-6H,1-2H3;2*1-2H3. The molecule has 0 fully saturated rings. The van der Waals surface area contributed by atoms with E-state index in [0.29, 0.717) is 0 Å². The number of rotatable bonds is 1. The van der Waals surface area contributed by atoms with Crippen molar-refractivity contribution in [3.63, 3.8) is 0 Å². The lowest BCUT2D eigenvalue weighted by atomic mass is 10.2. The van der Waals surface area contributed by atoms with E-state index >= 15 is 0 Å². The second-order valence-corrected chi connectivity index (χ2v) is 2.75. The molecule has 0 aliphatic rings. The van der Waals surface area contributed by atoms with Crippen molar-refractivity contribution in [1.82, 2.24) is 0 Å². The van der Waals surface area contributed by atoms with Crippen molar-refractivity contribution in [2.45, 2.75) is 34.6 Å². The molecule has 2 nitrogen and oxygen atoms in total. The average Bonchev–Trinajstić information content (AvgIpc) is 2.76. The largest absolute Gasteiger partial charge is 0.496 e. The third-order valence-corrected chi connectivity index (χ3v) is 1.96. The molecule has 2 aromatic rings. The Morgan fingerprint density at radius 1 is 1.06 bits per heavy atom. The summed E-state index contributed by atoms with van der Waals surface area (Å²) in [5.41, 5.74) is 1.99. The number of hydrogen-bond donors (Lipinski definition) is 0. The molecule has 0 saturated heterocycles. The van der Waals surface area contributed by atoms with E-state index in [0.717, 1.165) is 22.3 Å². The van der Waals surface area contributed by atoms with E-state index in [4.69, 9.17) is 9.15 Å². The zero-order valence-electron chi connectivity index (χ0n) is 11.1. The van der Waals surface area contributed by atoms with E-state index in [1.165, 1.54) is 0 Å². The van der Waals surface area contributed by atoms with Crippen LogP contribution in [-0.4, -0.2) is 7.11 Å². The van der Waals surface area contributed by atoms with Crippen LogP contribution in [0.2, 0.25) is 0 Å². The lowest BCUT2D eigenvalue weighted by Crippen LogP contribution is -1.82. The highest BCUT2D eigenvalue weighted by Crippen LogP contribution is 2.29. The van der Waals surface area contributed by atoms with Crippen molar-refractivity contribution in [3.05, 3.63) is 30.0 Å². The molecule has 0 aliphatic carbocycles. The van der Waals surface area contributed by atoms with E-state index in [2.05, 4.69) is 0 Å². The minimum absolute atomic E-state index is 0.874. The van der Waals surface area contributed by atoms with Gasteiger partial charge in [0.2, 0.25) is 0 Å². The summed E-state index contributed by atoms with van der Waals surface area (Å²) in [6.07, 6.45) is 1.74. The van der Waals surface area contributed by atoms with E-state index in [-0.39, 0.29) is 0 Å². The van der Waals surface area contributed by atoms with Crippen LogP contribution in [0.5, 0.6) is 5.75 Å². The third kappa shape index (κ3) is 3.02. The highest BCUT2D eigenvalue weighted by Gasteiger charge is 2.06. The van der Waals surface area contributed by atoms with Crippen molar-refractivity contribution < 1.29 is 9.15 Å². The van der Waals surface area contributed by atoms with Crippen LogP contribution in [0, 0.1) is 6.92 Å². The Kier molecular flexibility index (Phi) is 7.10. The van der Waals surface area contributed by atoms with Gasteiger partial charge >= 0.3 is 0 Å². The molecule has 2 rings (SSSR count). The SMILES string of the molecule is CC.CC.COc1cccc2occ(C)c12. The van der Waals surface area contributed by atoms with Crippen molar-refractivity contribution in [2.75, 3.05) is 7.11 Å².